The first-order valence-corrected chi connectivity index (χ1v) is 16.4. The molecule has 1 aliphatic carbocycles. The monoisotopic (exact) mass is 786 g/mol. The summed E-state index contributed by atoms with van der Waals surface area (Å²) in [6.45, 7) is 12.5. The van der Waals surface area contributed by atoms with Crippen LogP contribution < -0.4 is 0 Å². The van der Waals surface area contributed by atoms with E-state index in [1.54, 1.807) is 0 Å². The summed E-state index contributed by atoms with van der Waals surface area (Å²) in [5.41, 5.74) is 6.35. The maximum absolute atomic E-state index is 11.7. The maximum atomic E-state index is 11.7. The number of hydrogen-bond donors (Lipinski definition) is 1. The summed E-state index contributed by atoms with van der Waals surface area (Å²) in [5, 5.41) is 12.2. The van der Waals surface area contributed by atoms with Crippen LogP contribution in [0.1, 0.15) is 111 Å². The quantitative estimate of drug-likeness (QED) is 0.104. The van der Waals surface area contributed by atoms with Gasteiger partial charge in [0.25, 0.3) is 0 Å². The van der Waals surface area contributed by atoms with Crippen LogP contribution in [-0.2, 0) is 24.9 Å². The molecule has 5 rings (SSSR count). The Bertz CT molecular complexity index is 1540. The van der Waals surface area contributed by atoms with E-state index in [2.05, 4.69) is 61.5 Å². The molecule has 1 radical (unpaired) electrons. The molecule has 1 aliphatic rings. The number of fused-ring (bicyclic) bond motifs is 2. The Morgan fingerprint density at radius 2 is 1.56 bits per heavy atom. The second-order valence-electron chi connectivity index (χ2n) is 12.3. The third-order valence-corrected chi connectivity index (χ3v) is 9.39. The van der Waals surface area contributed by atoms with Crippen molar-refractivity contribution in [3.05, 3.63) is 83.8 Å². The number of nitrogens with zero attached hydrogens (tertiary/aromatic N) is 2. The number of carbonyl (C=O) groups excluding carboxylic acids is 1. The minimum Gasteiger partial charge on any atom is -0.512 e. The van der Waals surface area contributed by atoms with Crippen molar-refractivity contribution in [2.24, 2.45) is 17.8 Å². The van der Waals surface area contributed by atoms with Crippen molar-refractivity contribution in [3.63, 3.8) is 0 Å². The van der Waals surface area contributed by atoms with Crippen LogP contribution in [0.25, 0.3) is 33.1 Å². The second kappa shape index (κ2) is 18.3. The first-order chi connectivity index (χ1) is 20.8. The number of aliphatic hydroxyl groups excluding tert-OH is 1. The summed E-state index contributed by atoms with van der Waals surface area (Å²) in [6.07, 6.45) is 10.1. The van der Waals surface area contributed by atoms with E-state index < -0.39 is 0 Å². The third-order valence-electron chi connectivity index (χ3n) is 9.39. The van der Waals surface area contributed by atoms with E-state index in [1.165, 1.54) is 48.1 Å². The first kappa shape index (κ1) is 38.3. The number of aromatic nitrogens is 2. The van der Waals surface area contributed by atoms with Crippen LogP contribution in [-0.4, -0.2) is 20.9 Å². The van der Waals surface area contributed by atoms with Gasteiger partial charge in [-0.25, -0.2) is 0 Å². The molecule has 1 fully saturated rings. The molecular weight excluding hydrogens is 733 g/mol. The van der Waals surface area contributed by atoms with Crippen LogP contribution in [0.5, 0.6) is 0 Å². The van der Waals surface area contributed by atoms with Crippen molar-refractivity contribution in [1.82, 2.24) is 9.97 Å². The van der Waals surface area contributed by atoms with Crippen molar-refractivity contribution in [2.75, 3.05) is 0 Å². The van der Waals surface area contributed by atoms with Crippen LogP contribution in [0, 0.1) is 30.7 Å². The van der Waals surface area contributed by atoms with Gasteiger partial charge in [0.05, 0.1) is 16.8 Å². The molecule has 0 atom stereocenters. The number of hydrogen-bond acceptors (Lipinski definition) is 4. The zero-order valence-corrected chi connectivity index (χ0v) is 29.7. The first-order valence-electron chi connectivity index (χ1n) is 16.4. The molecule has 0 aliphatic heterocycles. The Morgan fingerprint density at radius 3 is 2.20 bits per heavy atom. The van der Waals surface area contributed by atoms with Gasteiger partial charge in [0, 0.05) is 49.4 Å². The Kier molecular flexibility index (Phi) is 15.6. The summed E-state index contributed by atoms with van der Waals surface area (Å²) in [4.78, 5) is 21.7. The SMILES string of the molecule is C.CCC(CC)C(=O)C=C(O)C(CC)CC.Cc1nc2ccc(C3CCC(C)CC3)cc2nc1-c1[c-]ccc2ccccc12.[Ir]. The smallest absolute Gasteiger partial charge is 0.162 e. The Labute approximate surface area is 285 Å². The average molecular weight is 786 g/mol. The molecule has 1 saturated carbocycles. The van der Waals surface area contributed by atoms with E-state index in [0.717, 1.165) is 59.6 Å². The van der Waals surface area contributed by atoms with E-state index in [4.69, 9.17) is 9.97 Å². The molecule has 4 nitrogen and oxygen atoms in total. The van der Waals surface area contributed by atoms with Crippen LogP contribution in [0.4, 0.5) is 0 Å². The summed E-state index contributed by atoms with van der Waals surface area (Å²) in [6, 6.07) is 22.6. The number of benzene rings is 3. The van der Waals surface area contributed by atoms with Crippen molar-refractivity contribution in [3.8, 4) is 11.3 Å². The number of rotatable bonds is 9. The number of aliphatic hydroxyl groups is 1. The van der Waals surface area contributed by atoms with Gasteiger partial charge in [-0.1, -0.05) is 90.6 Å². The van der Waals surface area contributed by atoms with Gasteiger partial charge in [-0.3, -0.25) is 14.8 Å². The fraction of sp³-hybridized carbons (Fsp3) is 0.475. The van der Waals surface area contributed by atoms with Gasteiger partial charge in [0.1, 0.15) is 0 Å². The van der Waals surface area contributed by atoms with E-state index in [9.17, 15) is 9.90 Å². The summed E-state index contributed by atoms with van der Waals surface area (Å²) in [5.74, 6) is 2.08. The predicted molar refractivity (Wildman–Crippen MR) is 187 cm³/mol. The van der Waals surface area contributed by atoms with Gasteiger partial charge >= 0.3 is 0 Å². The minimum atomic E-state index is 0. The molecule has 245 valence electrons. The van der Waals surface area contributed by atoms with Crippen LogP contribution in [0.3, 0.4) is 0 Å². The molecule has 1 heterocycles. The fourth-order valence-corrected chi connectivity index (χ4v) is 6.38. The standard InChI is InChI=1S/C26H25N2.C13H24O2.CH4.Ir/c1-17-10-12-19(13-11-17)21-14-15-24-25(16-21)28-26(18(2)27-24)23-9-5-7-20-6-3-4-8-22(20)23;1-5-10(6-2)12(14)9-13(15)11(7-3)8-4;;/h3-8,14-17,19H,10-13H2,1-2H3;9-11,14H,5-8H2,1-4H3;1H4;/q-1;;;. The maximum Gasteiger partial charge on any atom is 0.162 e. The zero-order chi connectivity index (χ0) is 30.9. The molecule has 0 unspecified atom stereocenters. The molecule has 45 heavy (non-hydrogen) atoms. The van der Waals surface area contributed by atoms with Crippen LogP contribution in [0.15, 0.2) is 66.4 Å². The summed E-state index contributed by atoms with van der Waals surface area (Å²) >= 11 is 0. The topological polar surface area (TPSA) is 63.1 Å². The van der Waals surface area contributed by atoms with Gasteiger partial charge in [0.2, 0.25) is 0 Å². The Morgan fingerprint density at radius 1 is 0.911 bits per heavy atom. The minimum absolute atomic E-state index is 0. The number of allylic oxidation sites excluding steroid dienone is 2. The molecule has 0 saturated heterocycles. The van der Waals surface area contributed by atoms with Crippen molar-refractivity contribution in [2.45, 2.75) is 106 Å². The predicted octanol–water partition coefficient (Wildman–Crippen LogP) is 11.4. The van der Waals surface area contributed by atoms with E-state index in [0.29, 0.717) is 5.92 Å². The molecule has 1 aromatic heterocycles. The van der Waals surface area contributed by atoms with E-state index >= 15 is 0 Å². The van der Waals surface area contributed by atoms with Gasteiger partial charge in [0.15, 0.2) is 5.78 Å². The van der Waals surface area contributed by atoms with E-state index in [-0.39, 0.29) is 50.9 Å². The fourth-order valence-electron chi connectivity index (χ4n) is 6.38. The second-order valence-corrected chi connectivity index (χ2v) is 12.3. The molecule has 5 heteroatoms. The molecule has 1 N–H and O–H groups in total. The Hall–Kier alpha value is -2.88. The third kappa shape index (κ3) is 9.56. The van der Waals surface area contributed by atoms with Gasteiger partial charge in [-0.15, -0.1) is 29.1 Å². The molecule has 0 bridgehead atoms. The number of carbonyl (C=O) groups is 1. The van der Waals surface area contributed by atoms with Gasteiger partial charge < -0.3 is 5.11 Å². The van der Waals surface area contributed by atoms with Crippen LogP contribution in [0.2, 0.25) is 0 Å². The Balaban J connectivity index is 0.000000360. The zero-order valence-electron chi connectivity index (χ0n) is 27.3. The molecular formula is C40H53IrN2O2-. The van der Waals surface area contributed by atoms with Crippen LogP contribution >= 0.6 is 0 Å². The normalized spacial score (nSPS) is 16.6. The number of aryl methyl sites for hydroxylation is 1. The molecule has 4 aromatic rings. The van der Waals surface area contributed by atoms with Gasteiger partial charge in [-0.05, 0) is 75.0 Å². The van der Waals surface area contributed by atoms with E-state index in [1.807, 2.05) is 40.7 Å². The molecule has 0 spiro atoms. The molecule has 0 amide bonds. The number of ketones is 1. The summed E-state index contributed by atoms with van der Waals surface area (Å²) in [7, 11) is 0. The van der Waals surface area contributed by atoms with Crippen molar-refractivity contribution >= 4 is 27.6 Å². The van der Waals surface area contributed by atoms with Crippen molar-refractivity contribution in [1.29, 1.82) is 0 Å². The molecule has 3 aromatic carbocycles. The summed E-state index contributed by atoms with van der Waals surface area (Å²) < 4.78 is 0. The van der Waals surface area contributed by atoms with Crippen molar-refractivity contribution < 1.29 is 30.0 Å². The van der Waals surface area contributed by atoms with Gasteiger partial charge in [-0.2, -0.15) is 0 Å². The largest absolute Gasteiger partial charge is 0.512 e. The average Bonchev–Trinajstić information content (AvgIpc) is 3.02.